The Bertz CT molecular complexity index is 433. The number of hydrogen-bond acceptors (Lipinski definition) is 4. The highest BCUT2D eigenvalue weighted by atomic mass is 32.1. The lowest BCUT2D eigenvalue weighted by Crippen LogP contribution is -2.45. The van der Waals surface area contributed by atoms with Gasteiger partial charge in [0.15, 0.2) is 5.78 Å². The van der Waals surface area contributed by atoms with E-state index in [1.165, 1.54) is 0 Å². The maximum atomic E-state index is 12.6. The van der Waals surface area contributed by atoms with Crippen molar-refractivity contribution in [2.24, 2.45) is 5.92 Å². The van der Waals surface area contributed by atoms with E-state index in [0.29, 0.717) is 18.9 Å². The van der Waals surface area contributed by atoms with Crippen LogP contribution in [0.25, 0.3) is 0 Å². The quantitative estimate of drug-likeness (QED) is 0.828. The molecule has 19 heavy (non-hydrogen) atoms. The number of rotatable bonds is 5. The third kappa shape index (κ3) is 3.42. The zero-order chi connectivity index (χ0) is 13.9. The van der Waals surface area contributed by atoms with Gasteiger partial charge in [-0.2, -0.15) is 0 Å². The first-order valence-electron chi connectivity index (χ1n) is 7.14. The SMILES string of the molecule is CCOC1(C(=O)Cc2nc(C)cs2)CCC(C)CC1. The Balaban J connectivity index is 2.08. The standard InChI is InChI=1S/C15H23NO2S/c1-4-18-15(7-5-11(2)6-8-15)13(17)9-14-16-12(3)10-19-14/h10-11H,4-9H2,1-3H3. The Hall–Kier alpha value is -0.740. The second-order valence-corrected chi connectivity index (χ2v) is 6.54. The van der Waals surface area contributed by atoms with Crippen LogP contribution in [0.2, 0.25) is 0 Å². The van der Waals surface area contributed by atoms with Crippen molar-refractivity contribution in [3.63, 3.8) is 0 Å². The Kier molecular flexibility index (Phi) is 4.74. The summed E-state index contributed by atoms with van der Waals surface area (Å²) in [6.45, 7) is 6.80. The summed E-state index contributed by atoms with van der Waals surface area (Å²) in [5.74, 6) is 0.930. The van der Waals surface area contributed by atoms with Crippen LogP contribution in [0.1, 0.15) is 50.2 Å². The molecule has 0 aromatic carbocycles. The molecule has 0 amide bonds. The highest BCUT2D eigenvalue weighted by molar-refractivity contribution is 7.09. The highest BCUT2D eigenvalue weighted by Crippen LogP contribution is 2.36. The number of aromatic nitrogens is 1. The van der Waals surface area contributed by atoms with Crippen molar-refractivity contribution in [2.45, 2.75) is 58.5 Å². The van der Waals surface area contributed by atoms with E-state index in [4.69, 9.17) is 4.74 Å². The van der Waals surface area contributed by atoms with Crippen LogP contribution in [0, 0.1) is 12.8 Å². The molecule has 1 fully saturated rings. The van der Waals surface area contributed by atoms with Crippen LogP contribution in [0.4, 0.5) is 0 Å². The molecule has 0 unspecified atom stereocenters. The third-order valence-electron chi connectivity index (χ3n) is 3.99. The van der Waals surface area contributed by atoms with E-state index in [0.717, 1.165) is 36.4 Å². The van der Waals surface area contributed by atoms with Gasteiger partial charge in [0.05, 0.1) is 6.42 Å². The first-order chi connectivity index (χ1) is 9.05. The predicted molar refractivity (Wildman–Crippen MR) is 77.6 cm³/mol. The normalized spacial score (nSPS) is 27.4. The van der Waals surface area contributed by atoms with Crippen LogP contribution < -0.4 is 0 Å². The molecule has 1 aromatic rings. The number of carbonyl (C=O) groups is 1. The molecule has 0 atom stereocenters. The lowest BCUT2D eigenvalue weighted by molar-refractivity contribution is -0.149. The van der Waals surface area contributed by atoms with E-state index < -0.39 is 5.60 Å². The van der Waals surface area contributed by atoms with Crippen molar-refractivity contribution in [3.05, 3.63) is 16.1 Å². The van der Waals surface area contributed by atoms with Crippen molar-refractivity contribution in [1.29, 1.82) is 0 Å². The minimum absolute atomic E-state index is 0.218. The van der Waals surface area contributed by atoms with Crippen molar-refractivity contribution < 1.29 is 9.53 Å². The Labute approximate surface area is 119 Å². The second-order valence-electron chi connectivity index (χ2n) is 5.59. The maximum absolute atomic E-state index is 12.6. The average Bonchev–Trinajstić information content (AvgIpc) is 2.78. The number of thiazole rings is 1. The van der Waals surface area contributed by atoms with Gasteiger partial charge in [-0.05, 0) is 45.4 Å². The van der Waals surface area contributed by atoms with Crippen molar-refractivity contribution in [1.82, 2.24) is 4.98 Å². The summed E-state index contributed by atoms with van der Waals surface area (Å²) >= 11 is 1.57. The average molecular weight is 281 g/mol. The summed E-state index contributed by atoms with van der Waals surface area (Å²) in [4.78, 5) is 17.0. The van der Waals surface area contributed by atoms with E-state index >= 15 is 0 Å². The number of ketones is 1. The zero-order valence-corrected chi connectivity index (χ0v) is 12.9. The molecule has 3 nitrogen and oxygen atoms in total. The minimum Gasteiger partial charge on any atom is -0.367 e. The summed E-state index contributed by atoms with van der Waals surface area (Å²) in [6.07, 6.45) is 4.33. The summed E-state index contributed by atoms with van der Waals surface area (Å²) in [5.41, 5.74) is 0.455. The van der Waals surface area contributed by atoms with Crippen LogP contribution in [0.15, 0.2) is 5.38 Å². The molecule has 0 saturated heterocycles. The number of nitrogens with zero attached hydrogens (tertiary/aromatic N) is 1. The van der Waals surface area contributed by atoms with Gasteiger partial charge in [0.1, 0.15) is 10.6 Å². The van der Waals surface area contributed by atoms with Crippen LogP contribution in [0.3, 0.4) is 0 Å². The third-order valence-corrected chi connectivity index (χ3v) is 4.96. The van der Waals surface area contributed by atoms with Crippen molar-refractivity contribution in [2.75, 3.05) is 6.61 Å². The van der Waals surface area contributed by atoms with Gasteiger partial charge in [0.2, 0.25) is 0 Å². The first kappa shape index (κ1) is 14.7. The lowest BCUT2D eigenvalue weighted by atomic mass is 9.76. The topological polar surface area (TPSA) is 39.2 Å². The van der Waals surface area contributed by atoms with E-state index in [1.807, 2.05) is 19.2 Å². The van der Waals surface area contributed by atoms with Gasteiger partial charge in [-0.3, -0.25) is 4.79 Å². The number of ether oxygens (including phenoxy) is 1. The minimum atomic E-state index is -0.541. The van der Waals surface area contributed by atoms with Gasteiger partial charge < -0.3 is 4.74 Å². The Morgan fingerprint density at radius 1 is 1.53 bits per heavy atom. The summed E-state index contributed by atoms with van der Waals surface area (Å²) in [7, 11) is 0. The van der Waals surface area contributed by atoms with Gasteiger partial charge in [-0.15, -0.1) is 11.3 Å². The molecule has 0 radical (unpaired) electrons. The Morgan fingerprint density at radius 3 is 2.74 bits per heavy atom. The first-order valence-corrected chi connectivity index (χ1v) is 8.02. The molecule has 4 heteroatoms. The second kappa shape index (κ2) is 6.14. The summed E-state index contributed by atoms with van der Waals surface area (Å²) < 4.78 is 5.89. The molecule has 0 bridgehead atoms. The van der Waals surface area contributed by atoms with E-state index in [1.54, 1.807) is 11.3 Å². The fourth-order valence-corrected chi connectivity index (χ4v) is 3.56. The number of hydrogen-bond donors (Lipinski definition) is 0. The number of aryl methyl sites for hydroxylation is 1. The van der Waals surface area contributed by atoms with Crippen molar-refractivity contribution >= 4 is 17.1 Å². The van der Waals surface area contributed by atoms with Gasteiger partial charge in [0, 0.05) is 17.7 Å². The van der Waals surface area contributed by atoms with E-state index in [2.05, 4.69) is 11.9 Å². The van der Waals surface area contributed by atoms with Crippen molar-refractivity contribution in [3.8, 4) is 0 Å². The number of Topliss-reactive ketones (excluding diaryl/α,β-unsaturated/α-hetero) is 1. The van der Waals surface area contributed by atoms with Gasteiger partial charge >= 0.3 is 0 Å². The molecule has 0 spiro atoms. The molecule has 2 rings (SSSR count). The fourth-order valence-electron chi connectivity index (χ4n) is 2.79. The molecular formula is C15H23NO2S. The molecule has 1 aromatic heterocycles. The molecule has 1 aliphatic rings. The molecular weight excluding hydrogens is 258 g/mol. The van der Waals surface area contributed by atoms with Crippen LogP contribution in [-0.2, 0) is 16.0 Å². The highest BCUT2D eigenvalue weighted by Gasteiger charge is 2.41. The summed E-state index contributed by atoms with van der Waals surface area (Å²) in [5, 5.41) is 2.92. The Morgan fingerprint density at radius 2 is 2.21 bits per heavy atom. The molecule has 1 aliphatic carbocycles. The van der Waals surface area contributed by atoms with Crippen LogP contribution in [-0.4, -0.2) is 23.0 Å². The molecule has 106 valence electrons. The number of carbonyl (C=O) groups excluding carboxylic acids is 1. The monoisotopic (exact) mass is 281 g/mol. The van der Waals surface area contributed by atoms with Crippen LogP contribution in [0.5, 0.6) is 0 Å². The van der Waals surface area contributed by atoms with E-state index in [9.17, 15) is 4.79 Å². The van der Waals surface area contributed by atoms with Crippen LogP contribution >= 0.6 is 11.3 Å². The summed E-state index contributed by atoms with van der Waals surface area (Å²) in [6, 6.07) is 0. The predicted octanol–water partition coefficient (Wildman–Crippen LogP) is 3.55. The molecule has 0 N–H and O–H groups in total. The van der Waals surface area contributed by atoms with E-state index in [-0.39, 0.29) is 5.78 Å². The smallest absolute Gasteiger partial charge is 0.171 e. The lowest BCUT2D eigenvalue weighted by Gasteiger charge is -2.37. The van der Waals surface area contributed by atoms with Gasteiger partial charge in [-0.1, -0.05) is 6.92 Å². The molecule has 0 aliphatic heterocycles. The molecule has 1 saturated carbocycles. The molecule has 1 heterocycles. The van der Waals surface area contributed by atoms with Gasteiger partial charge in [0.25, 0.3) is 0 Å². The fraction of sp³-hybridized carbons (Fsp3) is 0.733. The maximum Gasteiger partial charge on any atom is 0.171 e. The zero-order valence-electron chi connectivity index (χ0n) is 12.1. The van der Waals surface area contributed by atoms with Gasteiger partial charge in [-0.25, -0.2) is 4.98 Å². The largest absolute Gasteiger partial charge is 0.367 e.